The highest BCUT2D eigenvalue weighted by atomic mass is 19.2. The van der Waals surface area contributed by atoms with E-state index in [2.05, 4.69) is 4.98 Å². The Morgan fingerprint density at radius 2 is 2.03 bits per heavy atom. The molecule has 3 heterocycles. The summed E-state index contributed by atoms with van der Waals surface area (Å²) in [6, 6.07) is 3.89. The second-order valence-corrected chi connectivity index (χ2v) is 7.67. The molecule has 0 bridgehead atoms. The van der Waals surface area contributed by atoms with E-state index in [9.17, 15) is 22.8 Å². The summed E-state index contributed by atoms with van der Waals surface area (Å²) < 4.78 is 56.3. The number of methoxy groups -OCH3 is 1. The third-order valence-electron chi connectivity index (χ3n) is 5.50. The number of hydrogen-bond acceptors (Lipinski definition) is 5. The molecule has 1 aliphatic heterocycles. The van der Waals surface area contributed by atoms with Crippen molar-refractivity contribution in [2.45, 2.75) is 19.4 Å². The van der Waals surface area contributed by atoms with Crippen LogP contribution in [0.3, 0.4) is 0 Å². The number of aryl methyl sites for hydroxylation is 1. The standard InChI is InChI=1S/C22H20F3N3O5/c1-11-3-4-28-15(8-12-10-27(5-6-33-12)22(31)32-2)20(26-16(28)7-11)17-14(23)9-13(21(29)30)18(24)19(17)25/h3-4,7,9,12H,5-6,8,10H2,1-2H3,(H,29,30)/t12-/m0/s1. The quantitative estimate of drug-likeness (QED) is 0.596. The number of morpholine rings is 1. The van der Waals surface area contributed by atoms with Gasteiger partial charge in [-0.3, -0.25) is 0 Å². The summed E-state index contributed by atoms with van der Waals surface area (Å²) in [5, 5.41) is 9.03. The minimum Gasteiger partial charge on any atom is -0.478 e. The number of aromatic nitrogens is 2. The van der Waals surface area contributed by atoms with Crippen molar-refractivity contribution < 1.29 is 37.3 Å². The molecule has 0 aliphatic carbocycles. The summed E-state index contributed by atoms with van der Waals surface area (Å²) in [4.78, 5) is 28.8. The molecule has 0 spiro atoms. The molecule has 11 heteroatoms. The van der Waals surface area contributed by atoms with Crippen molar-refractivity contribution in [1.82, 2.24) is 14.3 Å². The van der Waals surface area contributed by atoms with Crippen LogP contribution in [-0.4, -0.2) is 64.4 Å². The lowest BCUT2D eigenvalue weighted by Crippen LogP contribution is -2.46. The lowest BCUT2D eigenvalue weighted by Gasteiger charge is -2.32. The molecule has 1 aromatic carbocycles. The van der Waals surface area contributed by atoms with Gasteiger partial charge in [-0.05, 0) is 30.7 Å². The molecule has 8 nitrogen and oxygen atoms in total. The summed E-state index contributed by atoms with van der Waals surface area (Å²) in [7, 11) is 1.26. The zero-order valence-corrected chi connectivity index (χ0v) is 17.8. The number of rotatable bonds is 4. The Labute approximate surface area is 186 Å². The maximum atomic E-state index is 14.9. The van der Waals surface area contributed by atoms with Crippen LogP contribution >= 0.6 is 0 Å². The van der Waals surface area contributed by atoms with Crippen LogP contribution in [0.15, 0.2) is 24.4 Å². The van der Waals surface area contributed by atoms with E-state index >= 15 is 0 Å². The predicted molar refractivity (Wildman–Crippen MR) is 110 cm³/mol. The van der Waals surface area contributed by atoms with Crippen molar-refractivity contribution in [2.24, 2.45) is 0 Å². The molecule has 0 radical (unpaired) electrons. The van der Waals surface area contributed by atoms with Gasteiger partial charge in [-0.2, -0.15) is 0 Å². The Bertz CT molecular complexity index is 1260. The van der Waals surface area contributed by atoms with E-state index in [0.29, 0.717) is 24.0 Å². The highest BCUT2D eigenvalue weighted by Crippen LogP contribution is 2.33. The highest BCUT2D eigenvalue weighted by Gasteiger charge is 2.31. The van der Waals surface area contributed by atoms with Crippen molar-refractivity contribution in [3.8, 4) is 11.3 Å². The predicted octanol–water partition coefficient (Wildman–Crippen LogP) is 3.43. The van der Waals surface area contributed by atoms with Gasteiger partial charge >= 0.3 is 12.1 Å². The molecule has 3 aromatic rings. The van der Waals surface area contributed by atoms with Gasteiger partial charge < -0.3 is 23.9 Å². The fourth-order valence-electron chi connectivity index (χ4n) is 3.91. The molecule has 1 N–H and O–H groups in total. The van der Waals surface area contributed by atoms with Gasteiger partial charge in [0.05, 0.1) is 43.3 Å². The number of ether oxygens (including phenoxy) is 2. The Morgan fingerprint density at radius 1 is 1.27 bits per heavy atom. The second-order valence-electron chi connectivity index (χ2n) is 7.67. The van der Waals surface area contributed by atoms with Gasteiger partial charge in [0.1, 0.15) is 17.0 Å². The van der Waals surface area contributed by atoms with Crippen LogP contribution in [0.2, 0.25) is 0 Å². The van der Waals surface area contributed by atoms with Gasteiger partial charge in [-0.25, -0.2) is 27.7 Å². The number of hydrogen-bond donors (Lipinski definition) is 1. The normalized spacial score (nSPS) is 16.3. The van der Waals surface area contributed by atoms with Crippen molar-refractivity contribution in [1.29, 1.82) is 0 Å². The van der Waals surface area contributed by atoms with Crippen LogP contribution in [-0.2, 0) is 15.9 Å². The Hall–Kier alpha value is -3.60. The summed E-state index contributed by atoms with van der Waals surface area (Å²) in [5.74, 6) is -6.37. The van der Waals surface area contributed by atoms with Crippen LogP contribution in [0, 0.1) is 24.4 Å². The van der Waals surface area contributed by atoms with E-state index in [-0.39, 0.29) is 25.3 Å². The van der Waals surface area contributed by atoms with Gasteiger partial charge in [0.25, 0.3) is 0 Å². The van der Waals surface area contributed by atoms with E-state index in [0.717, 1.165) is 5.56 Å². The molecule has 1 atom stereocenters. The number of halogens is 3. The number of imidazole rings is 1. The molecule has 33 heavy (non-hydrogen) atoms. The number of nitrogens with zero attached hydrogens (tertiary/aromatic N) is 3. The van der Waals surface area contributed by atoms with E-state index < -0.39 is 46.7 Å². The highest BCUT2D eigenvalue weighted by molar-refractivity contribution is 5.89. The number of carboxylic acids is 1. The molecule has 1 saturated heterocycles. The average Bonchev–Trinajstić information content (AvgIpc) is 3.12. The van der Waals surface area contributed by atoms with Gasteiger partial charge in [0.15, 0.2) is 11.6 Å². The minimum atomic E-state index is -1.79. The molecule has 4 rings (SSSR count). The SMILES string of the molecule is COC(=O)N1CCO[C@@H](Cc2c(-c3c(F)cc(C(=O)O)c(F)c3F)nc3cc(C)ccn23)C1. The van der Waals surface area contributed by atoms with Crippen molar-refractivity contribution in [3.63, 3.8) is 0 Å². The van der Waals surface area contributed by atoms with Gasteiger partial charge in [-0.15, -0.1) is 0 Å². The molecular weight excluding hydrogens is 443 g/mol. The molecular formula is C22H20F3N3O5. The summed E-state index contributed by atoms with van der Waals surface area (Å²) in [5.41, 5.74) is -0.534. The number of amides is 1. The van der Waals surface area contributed by atoms with Crippen LogP contribution < -0.4 is 0 Å². The number of fused-ring (bicyclic) bond motifs is 1. The number of carbonyl (C=O) groups is 2. The van der Waals surface area contributed by atoms with Crippen molar-refractivity contribution in [2.75, 3.05) is 26.8 Å². The first kappa shape index (κ1) is 22.6. The minimum absolute atomic E-state index is 0.0915. The van der Waals surface area contributed by atoms with Gasteiger partial charge in [-0.1, -0.05) is 0 Å². The Balaban J connectivity index is 1.84. The summed E-state index contributed by atoms with van der Waals surface area (Å²) in [6.07, 6.45) is 0.677. The third-order valence-corrected chi connectivity index (χ3v) is 5.50. The van der Waals surface area contributed by atoms with Gasteiger partial charge in [0.2, 0.25) is 0 Å². The van der Waals surface area contributed by atoms with E-state index in [1.54, 1.807) is 22.7 Å². The summed E-state index contributed by atoms with van der Waals surface area (Å²) in [6.45, 7) is 2.54. The maximum absolute atomic E-state index is 14.9. The second kappa shape index (κ2) is 8.74. The van der Waals surface area contributed by atoms with Crippen LogP contribution in [0.25, 0.3) is 16.9 Å². The maximum Gasteiger partial charge on any atom is 0.409 e. The zero-order valence-electron chi connectivity index (χ0n) is 17.8. The molecule has 174 valence electrons. The monoisotopic (exact) mass is 463 g/mol. The first-order valence-electron chi connectivity index (χ1n) is 10.0. The van der Waals surface area contributed by atoms with E-state index in [1.165, 1.54) is 12.0 Å². The molecule has 0 saturated carbocycles. The number of pyridine rings is 1. The van der Waals surface area contributed by atoms with Crippen LogP contribution in [0.4, 0.5) is 18.0 Å². The topological polar surface area (TPSA) is 93.4 Å². The smallest absolute Gasteiger partial charge is 0.409 e. The third kappa shape index (κ3) is 4.11. The first-order valence-corrected chi connectivity index (χ1v) is 10.0. The van der Waals surface area contributed by atoms with E-state index in [4.69, 9.17) is 14.6 Å². The Morgan fingerprint density at radius 3 is 2.73 bits per heavy atom. The molecule has 1 aliphatic rings. The molecule has 1 fully saturated rings. The largest absolute Gasteiger partial charge is 0.478 e. The number of carboxylic acid groups (broad SMARTS) is 1. The zero-order chi connectivity index (χ0) is 23.9. The van der Waals surface area contributed by atoms with Crippen molar-refractivity contribution >= 4 is 17.7 Å². The molecule has 0 unspecified atom stereocenters. The molecule has 1 amide bonds. The lowest BCUT2D eigenvalue weighted by molar-refractivity contribution is -0.0241. The summed E-state index contributed by atoms with van der Waals surface area (Å²) >= 11 is 0. The average molecular weight is 463 g/mol. The van der Waals surface area contributed by atoms with Crippen molar-refractivity contribution in [3.05, 3.63) is 58.7 Å². The van der Waals surface area contributed by atoms with Gasteiger partial charge in [0, 0.05) is 19.2 Å². The number of aromatic carboxylic acids is 1. The lowest BCUT2D eigenvalue weighted by atomic mass is 10.0. The number of carbonyl (C=O) groups excluding carboxylic acids is 1. The number of benzene rings is 1. The van der Waals surface area contributed by atoms with Crippen LogP contribution in [0.5, 0.6) is 0 Å². The fourth-order valence-corrected chi connectivity index (χ4v) is 3.91. The first-order chi connectivity index (χ1) is 15.7. The van der Waals surface area contributed by atoms with Crippen LogP contribution in [0.1, 0.15) is 21.6 Å². The Kier molecular flexibility index (Phi) is 5.98. The van der Waals surface area contributed by atoms with E-state index in [1.807, 2.05) is 6.92 Å². The molecule has 2 aromatic heterocycles. The fraction of sp³-hybridized carbons (Fsp3) is 0.318.